The molecule has 0 aromatic carbocycles. The van der Waals surface area contributed by atoms with Crippen molar-refractivity contribution < 1.29 is 0 Å². The zero-order chi connectivity index (χ0) is 10.8. The molecular formula is C12H26N2. The molecule has 1 heterocycles. The molecule has 0 aromatic rings. The molecular weight excluding hydrogens is 172 g/mol. The first kappa shape index (κ1) is 12.0. The van der Waals surface area contributed by atoms with Crippen LogP contribution in [0, 0.1) is 5.41 Å². The summed E-state index contributed by atoms with van der Waals surface area (Å²) >= 11 is 0. The molecule has 0 atom stereocenters. The number of likely N-dealkylation sites (N-methyl/N-ethyl adjacent to an activating group) is 1. The number of hydrogen-bond donors (Lipinski definition) is 1. The summed E-state index contributed by atoms with van der Waals surface area (Å²) in [5.74, 6) is 0. The molecule has 2 heteroatoms. The van der Waals surface area contributed by atoms with Crippen molar-refractivity contribution in [2.24, 2.45) is 5.41 Å². The van der Waals surface area contributed by atoms with Crippen LogP contribution in [0.2, 0.25) is 0 Å². The highest BCUT2D eigenvalue weighted by Crippen LogP contribution is 2.38. The fourth-order valence-electron chi connectivity index (χ4n) is 2.33. The average Bonchev–Trinajstić information content (AvgIpc) is 2.85. The van der Waals surface area contributed by atoms with E-state index in [1.807, 2.05) is 13.8 Å². The van der Waals surface area contributed by atoms with Gasteiger partial charge in [0.1, 0.15) is 0 Å². The van der Waals surface area contributed by atoms with E-state index in [2.05, 4.69) is 31.1 Å². The lowest BCUT2D eigenvalue weighted by Crippen LogP contribution is -2.38. The second-order valence-corrected chi connectivity index (χ2v) is 5.47. The molecule has 2 fully saturated rings. The molecule has 1 aliphatic carbocycles. The van der Waals surface area contributed by atoms with Crippen LogP contribution in [0.1, 0.15) is 40.5 Å². The molecule has 2 aliphatic rings. The maximum Gasteiger partial charge on any atom is 0.0310 e. The van der Waals surface area contributed by atoms with Crippen molar-refractivity contribution in [2.45, 2.75) is 46.1 Å². The van der Waals surface area contributed by atoms with Gasteiger partial charge in [-0.3, -0.25) is 0 Å². The van der Waals surface area contributed by atoms with Crippen molar-refractivity contribution in [1.29, 1.82) is 0 Å². The van der Waals surface area contributed by atoms with Gasteiger partial charge in [0.05, 0.1) is 0 Å². The molecule has 0 unspecified atom stereocenters. The molecule has 2 rings (SSSR count). The summed E-state index contributed by atoms with van der Waals surface area (Å²) in [6, 6.07) is 0. The van der Waals surface area contributed by atoms with Crippen molar-refractivity contribution in [3.8, 4) is 0 Å². The van der Waals surface area contributed by atoms with E-state index in [1.165, 1.54) is 32.5 Å². The topological polar surface area (TPSA) is 15.3 Å². The van der Waals surface area contributed by atoms with Gasteiger partial charge in [0.2, 0.25) is 0 Å². The lowest BCUT2D eigenvalue weighted by atomic mass is 9.93. The fourth-order valence-corrected chi connectivity index (χ4v) is 2.33. The van der Waals surface area contributed by atoms with E-state index >= 15 is 0 Å². The molecule has 1 saturated carbocycles. The van der Waals surface area contributed by atoms with E-state index in [-0.39, 0.29) is 0 Å². The Morgan fingerprint density at radius 1 is 1.07 bits per heavy atom. The zero-order valence-corrected chi connectivity index (χ0v) is 10.5. The Bertz CT molecular complexity index is 175. The highest BCUT2D eigenvalue weighted by Gasteiger charge is 2.46. The van der Waals surface area contributed by atoms with E-state index < -0.39 is 0 Å². The van der Waals surface area contributed by atoms with Gasteiger partial charge in [0.25, 0.3) is 0 Å². The molecule has 84 valence electrons. The first-order valence-electron chi connectivity index (χ1n) is 5.95. The largest absolute Gasteiger partial charge is 0.309 e. The molecule has 2 nitrogen and oxygen atoms in total. The third-order valence-electron chi connectivity index (χ3n) is 3.07. The van der Waals surface area contributed by atoms with Gasteiger partial charge in [-0.05, 0) is 25.3 Å². The van der Waals surface area contributed by atoms with Crippen molar-refractivity contribution in [1.82, 2.24) is 10.2 Å². The summed E-state index contributed by atoms with van der Waals surface area (Å²) in [5.41, 5.74) is 0.962. The molecule has 14 heavy (non-hydrogen) atoms. The average molecular weight is 198 g/mol. The van der Waals surface area contributed by atoms with Crippen LogP contribution in [0.4, 0.5) is 0 Å². The Labute approximate surface area is 89.1 Å². The number of rotatable bonds is 0. The predicted octanol–water partition coefficient (Wildman–Crippen LogP) is 2.11. The van der Waals surface area contributed by atoms with Crippen LogP contribution in [0.5, 0.6) is 0 Å². The second-order valence-electron chi connectivity index (χ2n) is 5.47. The number of nitrogens with one attached hydrogen (secondary N) is 1. The van der Waals surface area contributed by atoms with E-state index in [1.54, 1.807) is 0 Å². The van der Waals surface area contributed by atoms with E-state index in [0.717, 1.165) is 0 Å². The van der Waals surface area contributed by atoms with E-state index in [4.69, 9.17) is 0 Å². The first-order chi connectivity index (χ1) is 6.52. The normalized spacial score (nSPS) is 28.9. The minimum Gasteiger partial charge on any atom is -0.309 e. The van der Waals surface area contributed by atoms with Crippen molar-refractivity contribution in [3.63, 3.8) is 0 Å². The zero-order valence-electron chi connectivity index (χ0n) is 10.5. The Morgan fingerprint density at radius 2 is 1.64 bits per heavy atom. The highest BCUT2D eigenvalue weighted by atomic mass is 15.2. The summed E-state index contributed by atoms with van der Waals surface area (Å²) in [6.45, 7) is 12.3. The van der Waals surface area contributed by atoms with Crippen LogP contribution >= 0.6 is 0 Å². The van der Waals surface area contributed by atoms with Gasteiger partial charge in [-0.15, -0.1) is 0 Å². The Balaban J connectivity index is 0.000000461. The van der Waals surface area contributed by atoms with Gasteiger partial charge >= 0.3 is 0 Å². The standard InChI is InChI=1S/C10H20N2.C2H6/c1-9(2)6-11-10(4-5-10)8-12(3)7-9;1-2/h11H,4-8H2,1-3H3;1-2H3. The first-order valence-corrected chi connectivity index (χ1v) is 5.95. The predicted molar refractivity (Wildman–Crippen MR) is 62.6 cm³/mol. The SMILES string of the molecule is CC.CN1CC(C)(C)CNC2(CC2)C1. The molecule has 1 spiro atoms. The van der Waals surface area contributed by atoms with Crippen molar-refractivity contribution >= 4 is 0 Å². The van der Waals surface area contributed by atoms with E-state index in [0.29, 0.717) is 11.0 Å². The monoisotopic (exact) mass is 198 g/mol. The lowest BCUT2D eigenvalue weighted by molar-refractivity contribution is 0.237. The maximum absolute atomic E-state index is 3.71. The van der Waals surface area contributed by atoms with Crippen molar-refractivity contribution in [2.75, 3.05) is 26.7 Å². The quantitative estimate of drug-likeness (QED) is 0.641. The summed E-state index contributed by atoms with van der Waals surface area (Å²) in [7, 11) is 2.24. The molecule has 1 aliphatic heterocycles. The minimum atomic E-state index is 0.445. The third kappa shape index (κ3) is 2.96. The van der Waals surface area contributed by atoms with Gasteiger partial charge in [-0.2, -0.15) is 0 Å². The van der Waals surface area contributed by atoms with E-state index in [9.17, 15) is 0 Å². The summed E-state index contributed by atoms with van der Waals surface area (Å²) in [5, 5.41) is 3.71. The smallest absolute Gasteiger partial charge is 0.0310 e. The summed E-state index contributed by atoms with van der Waals surface area (Å²) in [6.07, 6.45) is 2.76. The Kier molecular flexibility index (Phi) is 3.59. The molecule has 0 aromatic heterocycles. The van der Waals surface area contributed by atoms with Gasteiger partial charge in [-0.25, -0.2) is 0 Å². The third-order valence-corrected chi connectivity index (χ3v) is 3.07. The van der Waals surface area contributed by atoms with Gasteiger partial charge in [0, 0.05) is 25.2 Å². The van der Waals surface area contributed by atoms with Crippen LogP contribution in [0.25, 0.3) is 0 Å². The van der Waals surface area contributed by atoms with Gasteiger partial charge < -0.3 is 10.2 Å². The Morgan fingerprint density at radius 3 is 2.14 bits per heavy atom. The van der Waals surface area contributed by atoms with Crippen LogP contribution in [0.15, 0.2) is 0 Å². The van der Waals surface area contributed by atoms with Crippen LogP contribution in [-0.4, -0.2) is 37.1 Å². The van der Waals surface area contributed by atoms with Gasteiger partial charge in [-0.1, -0.05) is 27.7 Å². The van der Waals surface area contributed by atoms with Crippen molar-refractivity contribution in [3.05, 3.63) is 0 Å². The molecule has 0 radical (unpaired) electrons. The van der Waals surface area contributed by atoms with Crippen LogP contribution in [0.3, 0.4) is 0 Å². The number of nitrogens with zero attached hydrogens (tertiary/aromatic N) is 1. The second kappa shape index (κ2) is 4.19. The summed E-state index contributed by atoms with van der Waals surface area (Å²) in [4.78, 5) is 2.48. The molecule has 1 saturated heterocycles. The molecule has 0 bridgehead atoms. The minimum absolute atomic E-state index is 0.445. The maximum atomic E-state index is 3.71. The fraction of sp³-hybridized carbons (Fsp3) is 1.00. The highest BCUT2D eigenvalue weighted by molar-refractivity contribution is 5.06. The number of hydrogen-bond acceptors (Lipinski definition) is 2. The molecule has 0 amide bonds. The van der Waals surface area contributed by atoms with Crippen LogP contribution in [-0.2, 0) is 0 Å². The lowest BCUT2D eigenvalue weighted by Gasteiger charge is -2.25. The molecule has 1 N–H and O–H groups in total. The van der Waals surface area contributed by atoms with Gasteiger partial charge in [0.15, 0.2) is 0 Å². The Hall–Kier alpha value is -0.0800. The summed E-state index contributed by atoms with van der Waals surface area (Å²) < 4.78 is 0. The van der Waals surface area contributed by atoms with Crippen LogP contribution < -0.4 is 5.32 Å².